The lowest BCUT2D eigenvalue weighted by molar-refractivity contribution is -0.385. The average Bonchev–Trinajstić information content (AvgIpc) is 2.35. The third-order valence-electron chi connectivity index (χ3n) is 3.40. The molecule has 0 saturated carbocycles. The highest BCUT2D eigenvalue weighted by Gasteiger charge is 2.37. The number of non-ortho nitro benzene ring substituents is 1. The van der Waals surface area contributed by atoms with Gasteiger partial charge in [-0.05, 0) is 26.3 Å². The fourth-order valence-corrected chi connectivity index (χ4v) is 2.70. The summed E-state index contributed by atoms with van der Waals surface area (Å²) in [6.45, 7) is 4.01. The van der Waals surface area contributed by atoms with Gasteiger partial charge >= 0.3 is 0 Å². The first-order valence-corrected chi connectivity index (χ1v) is 6.80. The van der Waals surface area contributed by atoms with Crippen LogP contribution < -0.4 is 4.74 Å². The zero-order valence-corrected chi connectivity index (χ0v) is 12.9. The molecule has 0 aromatic heterocycles. The van der Waals surface area contributed by atoms with E-state index in [1.807, 2.05) is 32.8 Å². The molecule has 1 aromatic rings. The van der Waals surface area contributed by atoms with E-state index in [1.165, 1.54) is 6.07 Å². The second-order valence-corrected chi connectivity index (χ2v) is 6.25. The molecule has 1 heterocycles. The van der Waals surface area contributed by atoms with Crippen LogP contribution in [0.4, 0.5) is 5.69 Å². The summed E-state index contributed by atoms with van der Waals surface area (Å²) < 4.78 is 5.91. The molecule has 20 heavy (non-hydrogen) atoms. The van der Waals surface area contributed by atoms with Crippen molar-refractivity contribution >= 4 is 22.9 Å². The van der Waals surface area contributed by atoms with E-state index >= 15 is 0 Å². The Morgan fingerprint density at radius 1 is 1.50 bits per heavy atom. The number of rotatable bonds is 2. The molecule has 0 aliphatic carbocycles. The minimum absolute atomic E-state index is 0.0429. The summed E-state index contributed by atoms with van der Waals surface area (Å²) in [7, 11) is 3.78. The standard InChI is InChI=1S/C14H18N2O3S/c1-14(2)8-11(13(20)15(3)4)10-7-9(16(17)18)5-6-12(10)19-14/h5-7,11H,8H2,1-4H3. The fourth-order valence-electron chi connectivity index (χ4n) is 2.49. The first kappa shape index (κ1) is 14.7. The molecule has 1 unspecified atom stereocenters. The van der Waals surface area contributed by atoms with Gasteiger partial charge < -0.3 is 9.64 Å². The summed E-state index contributed by atoms with van der Waals surface area (Å²) >= 11 is 5.49. The van der Waals surface area contributed by atoms with Crippen LogP contribution in [0.25, 0.3) is 0 Å². The SMILES string of the molecule is CN(C)C(=S)C1CC(C)(C)Oc2ccc([N+](=O)[O-])cc21. The molecule has 1 aromatic carbocycles. The van der Waals surface area contributed by atoms with Gasteiger partial charge in [0.1, 0.15) is 11.4 Å². The summed E-state index contributed by atoms with van der Waals surface area (Å²) in [5.41, 5.74) is 0.532. The molecule has 5 nitrogen and oxygen atoms in total. The molecule has 108 valence electrons. The van der Waals surface area contributed by atoms with Crippen LogP contribution in [0.15, 0.2) is 18.2 Å². The number of nitro groups is 1. The Bertz CT molecular complexity index is 570. The van der Waals surface area contributed by atoms with Crippen molar-refractivity contribution in [2.45, 2.75) is 31.8 Å². The van der Waals surface area contributed by atoms with Gasteiger partial charge in [-0.25, -0.2) is 0 Å². The van der Waals surface area contributed by atoms with Crippen LogP contribution >= 0.6 is 12.2 Å². The van der Waals surface area contributed by atoms with Crippen LogP contribution in [0.1, 0.15) is 31.7 Å². The number of benzene rings is 1. The summed E-state index contributed by atoms with van der Waals surface area (Å²) in [4.78, 5) is 13.2. The van der Waals surface area contributed by atoms with Gasteiger partial charge in [-0.2, -0.15) is 0 Å². The van der Waals surface area contributed by atoms with Gasteiger partial charge in [0.2, 0.25) is 0 Å². The van der Waals surface area contributed by atoms with E-state index in [-0.39, 0.29) is 17.2 Å². The van der Waals surface area contributed by atoms with Crippen molar-refractivity contribution in [1.29, 1.82) is 0 Å². The average molecular weight is 294 g/mol. The number of fused-ring (bicyclic) bond motifs is 1. The molecule has 0 fully saturated rings. The van der Waals surface area contributed by atoms with E-state index in [9.17, 15) is 10.1 Å². The highest BCUT2D eigenvalue weighted by molar-refractivity contribution is 7.80. The second kappa shape index (κ2) is 5.01. The molecule has 0 saturated heterocycles. The highest BCUT2D eigenvalue weighted by Crippen LogP contribution is 2.43. The maximum atomic E-state index is 10.9. The zero-order chi connectivity index (χ0) is 15.1. The maximum absolute atomic E-state index is 10.9. The quantitative estimate of drug-likeness (QED) is 0.476. The van der Waals surface area contributed by atoms with Crippen molar-refractivity contribution in [1.82, 2.24) is 4.90 Å². The molecule has 2 rings (SSSR count). The van der Waals surface area contributed by atoms with Gasteiger partial charge in [-0.1, -0.05) is 12.2 Å². The van der Waals surface area contributed by atoms with Crippen molar-refractivity contribution < 1.29 is 9.66 Å². The third kappa shape index (κ3) is 2.75. The molecule has 0 radical (unpaired) electrons. The van der Waals surface area contributed by atoms with Gasteiger partial charge in [0.15, 0.2) is 0 Å². The van der Waals surface area contributed by atoms with Gasteiger partial charge in [0, 0.05) is 37.7 Å². The van der Waals surface area contributed by atoms with Gasteiger partial charge in [-0.15, -0.1) is 0 Å². The molecular weight excluding hydrogens is 276 g/mol. The lowest BCUT2D eigenvalue weighted by Gasteiger charge is -2.38. The molecule has 0 bridgehead atoms. The van der Waals surface area contributed by atoms with Crippen molar-refractivity contribution in [3.05, 3.63) is 33.9 Å². The third-order valence-corrected chi connectivity index (χ3v) is 4.05. The zero-order valence-electron chi connectivity index (χ0n) is 12.0. The van der Waals surface area contributed by atoms with E-state index in [0.29, 0.717) is 12.2 Å². The summed E-state index contributed by atoms with van der Waals surface area (Å²) in [6.07, 6.45) is 0.707. The number of hydrogen-bond acceptors (Lipinski definition) is 4. The Hall–Kier alpha value is -1.69. The number of hydrogen-bond donors (Lipinski definition) is 0. The molecule has 0 amide bonds. The first-order valence-electron chi connectivity index (χ1n) is 6.40. The van der Waals surface area contributed by atoms with Gasteiger partial charge in [0.25, 0.3) is 5.69 Å². The van der Waals surface area contributed by atoms with E-state index < -0.39 is 4.92 Å². The minimum Gasteiger partial charge on any atom is -0.488 e. The van der Waals surface area contributed by atoms with Crippen LogP contribution in [-0.2, 0) is 0 Å². The number of thiocarbonyl (C=S) groups is 1. The number of nitrogens with zero attached hydrogens (tertiary/aromatic N) is 2. The van der Waals surface area contributed by atoms with Crippen molar-refractivity contribution in [3.8, 4) is 5.75 Å². The summed E-state index contributed by atoms with van der Waals surface area (Å²) in [6, 6.07) is 4.71. The fraction of sp³-hybridized carbons (Fsp3) is 0.500. The van der Waals surface area contributed by atoms with Crippen LogP contribution in [-0.4, -0.2) is 34.5 Å². The first-order chi connectivity index (χ1) is 9.21. The minimum atomic E-state index is -0.393. The predicted molar refractivity (Wildman–Crippen MR) is 81.4 cm³/mol. The lowest BCUT2D eigenvalue weighted by Crippen LogP contribution is -2.39. The van der Waals surface area contributed by atoms with Crippen LogP contribution in [0, 0.1) is 10.1 Å². The van der Waals surface area contributed by atoms with Crippen molar-refractivity contribution in [2.75, 3.05) is 14.1 Å². The van der Waals surface area contributed by atoms with E-state index in [1.54, 1.807) is 12.1 Å². The van der Waals surface area contributed by atoms with E-state index in [4.69, 9.17) is 17.0 Å². The van der Waals surface area contributed by atoms with Gasteiger partial charge in [0.05, 0.1) is 9.91 Å². The largest absolute Gasteiger partial charge is 0.488 e. The number of likely N-dealkylation sites (N-methyl/N-ethyl adjacent to an activating group) is 1. The smallest absolute Gasteiger partial charge is 0.269 e. The Labute approximate surface area is 123 Å². The molecule has 1 atom stereocenters. The Kier molecular flexibility index (Phi) is 3.69. The highest BCUT2D eigenvalue weighted by atomic mass is 32.1. The lowest BCUT2D eigenvalue weighted by atomic mass is 9.84. The van der Waals surface area contributed by atoms with Crippen molar-refractivity contribution in [2.24, 2.45) is 0 Å². The van der Waals surface area contributed by atoms with E-state index in [0.717, 1.165) is 10.6 Å². The number of nitro benzene ring substituents is 1. The normalized spacial score (nSPS) is 19.7. The predicted octanol–water partition coefficient (Wildman–Crippen LogP) is 3.13. The topological polar surface area (TPSA) is 55.6 Å². The maximum Gasteiger partial charge on any atom is 0.269 e. The Morgan fingerprint density at radius 3 is 2.70 bits per heavy atom. The number of ether oxygens (including phenoxy) is 1. The molecule has 0 N–H and O–H groups in total. The molecule has 0 spiro atoms. The van der Waals surface area contributed by atoms with Crippen molar-refractivity contribution in [3.63, 3.8) is 0 Å². The Balaban J connectivity index is 2.52. The molecule has 1 aliphatic heterocycles. The van der Waals surface area contributed by atoms with Crippen LogP contribution in [0.3, 0.4) is 0 Å². The van der Waals surface area contributed by atoms with Gasteiger partial charge in [-0.3, -0.25) is 10.1 Å². The Morgan fingerprint density at radius 2 is 2.15 bits per heavy atom. The molecule has 1 aliphatic rings. The van der Waals surface area contributed by atoms with Crippen LogP contribution in [0.2, 0.25) is 0 Å². The molecular formula is C14H18N2O3S. The monoisotopic (exact) mass is 294 g/mol. The molecule has 6 heteroatoms. The van der Waals surface area contributed by atoms with E-state index in [2.05, 4.69) is 0 Å². The van der Waals surface area contributed by atoms with Crippen LogP contribution in [0.5, 0.6) is 5.75 Å². The second-order valence-electron chi connectivity index (χ2n) is 5.83. The summed E-state index contributed by atoms with van der Waals surface area (Å²) in [5.74, 6) is 0.639. The summed E-state index contributed by atoms with van der Waals surface area (Å²) in [5, 5.41) is 10.9.